The van der Waals surface area contributed by atoms with Crippen LogP contribution in [0.4, 0.5) is 5.82 Å². The number of H-pyrrole nitrogens is 1. The second-order valence-corrected chi connectivity index (χ2v) is 6.61. The van der Waals surface area contributed by atoms with E-state index in [-0.39, 0.29) is 5.91 Å². The summed E-state index contributed by atoms with van der Waals surface area (Å²) in [4.78, 5) is 19.9. The molecular weight excluding hydrogens is 426 g/mol. The number of aromatic amines is 1. The van der Waals surface area contributed by atoms with Crippen LogP contribution in [-0.2, 0) is 0 Å². The summed E-state index contributed by atoms with van der Waals surface area (Å²) < 4.78 is 3.39. The predicted molar refractivity (Wildman–Crippen MR) is 94.6 cm³/mol. The quantitative estimate of drug-likeness (QED) is 0.500. The molecule has 6 nitrogen and oxygen atoms in total. The summed E-state index contributed by atoms with van der Waals surface area (Å²) in [5.41, 5.74) is 2.11. The van der Waals surface area contributed by atoms with Crippen LogP contribution in [0.15, 0.2) is 51.8 Å². The Morgan fingerprint density at radius 3 is 2.87 bits per heavy atom. The van der Waals surface area contributed by atoms with Gasteiger partial charge in [0, 0.05) is 38.3 Å². The van der Waals surface area contributed by atoms with Crippen molar-refractivity contribution >= 4 is 60.1 Å². The van der Waals surface area contributed by atoms with Crippen LogP contribution in [0.1, 0.15) is 10.4 Å². The molecule has 114 valence electrons. The number of hydrogen-bond donors (Lipinski definition) is 2. The van der Waals surface area contributed by atoms with Gasteiger partial charge in [-0.3, -0.25) is 4.79 Å². The molecule has 8 heteroatoms. The summed E-state index contributed by atoms with van der Waals surface area (Å²) in [6.07, 6.45) is 4.97. The number of carbonyl (C=O) groups excluding carboxylic acids is 1. The number of amides is 1. The van der Waals surface area contributed by atoms with E-state index in [9.17, 15) is 4.79 Å². The first-order chi connectivity index (χ1) is 11.1. The van der Waals surface area contributed by atoms with E-state index < -0.39 is 0 Å². The fourth-order valence-corrected chi connectivity index (χ4v) is 3.10. The summed E-state index contributed by atoms with van der Waals surface area (Å²) in [6, 6.07) is 7.31. The highest BCUT2D eigenvalue weighted by molar-refractivity contribution is 9.13. The zero-order valence-corrected chi connectivity index (χ0v) is 14.7. The van der Waals surface area contributed by atoms with Crippen LogP contribution in [0.5, 0.6) is 0 Å². The van der Waals surface area contributed by atoms with E-state index in [4.69, 9.17) is 0 Å². The Bertz CT molecular complexity index is 1050. The van der Waals surface area contributed by atoms with E-state index in [1.54, 1.807) is 35.2 Å². The number of nitrogens with zero attached hydrogens (tertiary/aromatic N) is 3. The zero-order chi connectivity index (χ0) is 16.0. The highest BCUT2D eigenvalue weighted by Crippen LogP contribution is 2.30. The Balaban J connectivity index is 1.75. The van der Waals surface area contributed by atoms with Gasteiger partial charge in [-0.1, -0.05) is 0 Å². The van der Waals surface area contributed by atoms with Gasteiger partial charge in [0.15, 0.2) is 5.65 Å². The smallest absolute Gasteiger partial charge is 0.258 e. The molecule has 4 aromatic rings. The van der Waals surface area contributed by atoms with E-state index in [1.165, 1.54) is 0 Å². The first-order valence-corrected chi connectivity index (χ1v) is 8.28. The van der Waals surface area contributed by atoms with Crippen molar-refractivity contribution in [2.75, 3.05) is 5.32 Å². The molecule has 0 atom stereocenters. The minimum absolute atomic E-state index is 0.214. The lowest BCUT2D eigenvalue weighted by molar-refractivity contribution is 0.102. The first-order valence-electron chi connectivity index (χ1n) is 6.70. The van der Waals surface area contributed by atoms with Gasteiger partial charge in [0.2, 0.25) is 0 Å². The molecule has 1 aromatic carbocycles. The summed E-state index contributed by atoms with van der Waals surface area (Å²) in [7, 11) is 0. The third-order valence-corrected chi connectivity index (χ3v) is 5.34. The lowest BCUT2D eigenvalue weighted by Crippen LogP contribution is -2.14. The van der Waals surface area contributed by atoms with Crippen molar-refractivity contribution in [1.29, 1.82) is 0 Å². The molecule has 0 unspecified atom stereocenters. The van der Waals surface area contributed by atoms with Gasteiger partial charge in [0.25, 0.3) is 5.91 Å². The van der Waals surface area contributed by atoms with Crippen molar-refractivity contribution in [2.45, 2.75) is 0 Å². The Morgan fingerprint density at radius 2 is 2.00 bits per heavy atom. The molecule has 0 aliphatic heterocycles. The van der Waals surface area contributed by atoms with Crippen molar-refractivity contribution in [2.24, 2.45) is 0 Å². The van der Waals surface area contributed by atoms with Crippen LogP contribution in [0, 0.1) is 0 Å². The number of halogens is 2. The maximum absolute atomic E-state index is 12.6. The number of benzene rings is 1. The lowest BCUT2D eigenvalue weighted by Gasteiger charge is -2.06. The molecule has 0 radical (unpaired) electrons. The number of carbonyl (C=O) groups is 1. The van der Waals surface area contributed by atoms with Crippen LogP contribution in [0.2, 0.25) is 0 Å². The highest BCUT2D eigenvalue weighted by Gasteiger charge is 2.15. The normalized spacial score (nSPS) is 11.2. The van der Waals surface area contributed by atoms with Crippen molar-refractivity contribution in [3.8, 4) is 0 Å². The number of anilines is 1. The lowest BCUT2D eigenvalue weighted by atomic mass is 10.1. The Morgan fingerprint density at radius 1 is 1.17 bits per heavy atom. The molecule has 0 fully saturated rings. The van der Waals surface area contributed by atoms with Gasteiger partial charge in [-0.2, -0.15) is 9.61 Å². The summed E-state index contributed by atoms with van der Waals surface area (Å²) >= 11 is 6.92. The Labute approximate surface area is 147 Å². The van der Waals surface area contributed by atoms with E-state index in [0.29, 0.717) is 17.0 Å². The van der Waals surface area contributed by atoms with Gasteiger partial charge >= 0.3 is 0 Å². The minimum atomic E-state index is -0.214. The molecular formula is C15H9Br2N5O. The van der Waals surface area contributed by atoms with Crippen LogP contribution < -0.4 is 5.32 Å². The summed E-state index contributed by atoms with van der Waals surface area (Å²) in [5, 5.41) is 7.87. The predicted octanol–water partition coefficient (Wildman–Crippen LogP) is 3.99. The van der Waals surface area contributed by atoms with Gasteiger partial charge in [-0.05, 0) is 50.1 Å². The monoisotopic (exact) mass is 433 g/mol. The third-order valence-electron chi connectivity index (χ3n) is 3.50. The number of nitrogens with one attached hydrogen (secondary N) is 2. The molecule has 3 aromatic heterocycles. The van der Waals surface area contributed by atoms with E-state index >= 15 is 0 Å². The molecule has 2 N–H and O–H groups in total. The van der Waals surface area contributed by atoms with E-state index in [2.05, 4.69) is 52.2 Å². The van der Waals surface area contributed by atoms with Gasteiger partial charge in [-0.15, -0.1) is 0 Å². The molecule has 0 bridgehead atoms. The Kier molecular flexibility index (Phi) is 3.42. The van der Waals surface area contributed by atoms with Crippen LogP contribution in [0.25, 0.3) is 16.6 Å². The average Bonchev–Trinajstić information content (AvgIpc) is 3.15. The third kappa shape index (κ3) is 2.43. The van der Waals surface area contributed by atoms with Crippen molar-refractivity contribution in [3.05, 3.63) is 57.4 Å². The van der Waals surface area contributed by atoms with Crippen molar-refractivity contribution in [3.63, 3.8) is 0 Å². The largest absolute Gasteiger partial charge is 0.360 e. The summed E-state index contributed by atoms with van der Waals surface area (Å²) in [5.74, 6) is 0.351. The maximum atomic E-state index is 12.6. The molecule has 0 saturated heterocycles. The van der Waals surface area contributed by atoms with Gasteiger partial charge in [0.1, 0.15) is 5.82 Å². The topological polar surface area (TPSA) is 75.1 Å². The number of hydrogen-bond acceptors (Lipinski definition) is 3. The molecule has 0 saturated carbocycles. The van der Waals surface area contributed by atoms with Crippen molar-refractivity contribution in [1.82, 2.24) is 19.6 Å². The van der Waals surface area contributed by atoms with Gasteiger partial charge in [-0.25, -0.2) is 4.98 Å². The van der Waals surface area contributed by atoms with Crippen LogP contribution in [-0.4, -0.2) is 25.5 Å². The number of rotatable bonds is 2. The minimum Gasteiger partial charge on any atom is -0.360 e. The van der Waals surface area contributed by atoms with E-state index in [1.807, 2.05) is 12.1 Å². The second-order valence-electron chi connectivity index (χ2n) is 4.90. The average molecular weight is 435 g/mol. The van der Waals surface area contributed by atoms with Crippen LogP contribution >= 0.6 is 31.9 Å². The van der Waals surface area contributed by atoms with Gasteiger partial charge in [0.05, 0.1) is 11.8 Å². The number of aromatic nitrogens is 4. The zero-order valence-electron chi connectivity index (χ0n) is 11.5. The van der Waals surface area contributed by atoms with Crippen LogP contribution in [0.3, 0.4) is 0 Å². The van der Waals surface area contributed by atoms with Gasteiger partial charge < -0.3 is 10.3 Å². The standard InChI is InChI=1S/C15H9Br2N5O/c16-10-5-8-9(7-19-12(8)6-11(10)17)15(23)21-14-1-3-18-13-2-4-20-22(13)14/h1-7,19H,(H,21,23). The number of fused-ring (bicyclic) bond motifs is 2. The SMILES string of the molecule is O=C(Nc1ccnc2ccnn12)c1c[nH]c2cc(Br)c(Br)cc12. The molecule has 1 amide bonds. The van der Waals surface area contributed by atoms with E-state index in [0.717, 1.165) is 19.8 Å². The fourth-order valence-electron chi connectivity index (χ4n) is 2.42. The molecule has 0 aliphatic rings. The van der Waals surface area contributed by atoms with Crippen molar-refractivity contribution < 1.29 is 4.79 Å². The molecule has 0 spiro atoms. The first kappa shape index (κ1) is 14.4. The summed E-state index contributed by atoms with van der Waals surface area (Å²) in [6.45, 7) is 0. The molecule has 23 heavy (non-hydrogen) atoms. The second kappa shape index (κ2) is 5.47. The molecule has 0 aliphatic carbocycles. The maximum Gasteiger partial charge on any atom is 0.258 e. The Hall–Kier alpha value is -2.19. The fraction of sp³-hybridized carbons (Fsp3) is 0. The molecule has 3 heterocycles. The highest BCUT2D eigenvalue weighted by atomic mass is 79.9. The molecule has 4 rings (SSSR count).